The van der Waals surface area contributed by atoms with E-state index in [0.717, 1.165) is 12.0 Å². The van der Waals surface area contributed by atoms with Crippen molar-refractivity contribution >= 4 is 0 Å². The molecule has 0 amide bonds. The number of benzene rings is 2. The van der Waals surface area contributed by atoms with Crippen molar-refractivity contribution in [3.8, 4) is 5.75 Å². The van der Waals surface area contributed by atoms with Crippen molar-refractivity contribution < 1.29 is 5.11 Å². The average molecular weight is 282 g/mol. The molecule has 1 N–H and O–H groups in total. The summed E-state index contributed by atoms with van der Waals surface area (Å²) in [5.41, 5.74) is 2.36. The van der Waals surface area contributed by atoms with Crippen LogP contribution in [0, 0.1) is 0 Å². The maximum absolute atomic E-state index is 10.2. The van der Waals surface area contributed by atoms with Crippen LogP contribution in [0.25, 0.3) is 0 Å². The van der Waals surface area contributed by atoms with Crippen LogP contribution in [0.5, 0.6) is 5.75 Å². The van der Waals surface area contributed by atoms with Crippen LogP contribution >= 0.6 is 0 Å². The molecule has 1 unspecified atom stereocenters. The summed E-state index contributed by atoms with van der Waals surface area (Å²) in [4.78, 5) is 0. The highest BCUT2D eigenvalue weighted by molar-refractivity contribution is 5.41. The summed E-state index contributed by atoms with van der Waals surface area (Å²) >= 11 is 0. The molecule has 2 aromatic rings. The second kappa shape index (κ2) is 8.51. The van der Waals surface area contributed by atoms with Crippen LogP contribution in [0.3, 0.4) is 0 Å². The summed E-state index contributed by atoms with van der Waals surface area (Å²) in [6.45, 7) is 2.24. The third-order valence-electron chi connectivity index (χ3n) is 4.11. The predicted molar refractivity (Wildman–Crippen MR) is 89.8 cm³/mol. The topological polar surface area (TPSA) is 20.2 Å². The molecule has 1 nitrogen and oxygen atoms in total. The van der Waals surface area contributed by atoms with E-state index < -0.39 is 0 Å². The number of para-hydroxylation sites is 1. The maximum atomic E-state index is 10.2. The first-order valence-corrected chi connectivity index (χ1v) is 8.15. The molecule has 0 aliphatic carbocycles. The molecular weight excluding hydrogens is 256 g/mol. The van der Waals surface area contributed by atoms with Crippen LogP contribution in [-0.2, 0) is 0 Å². The molecule has 0 heterocycles. The Balaban J connectivity index is 2.10. The number of unbranched alkanes of at least 4 members (excludes halogenated alkanes) is 4. The van der Waals surface area contributed by atoms with E-state index in [1.54, 1.807) is 6.07 Å². The fraction of sp³-hybridized carbons (Fsp3) is 0.400. The van der Waals surface area contributed by atoms with E-state index >= 15 is 0 Å². The van der Waals surface area contributed by atoms with Gasteiger partial charge in [-0.1, -0.05) is 87.6 Å². The molecular formula is C20H26O. The lowest BCUT2D eigenvalue weighted by molar-refractivity contribution is 0.460. The Morgan fingerprint density at radius 2 is 1.48 bits per heavy atom. The Morgan fingerprint density at radius 3 is 2.19 bits per heavy atom. The van der Waals surface area contributed by atoms with Gasteiger partial charge in [-0.25, -0.2) is 0 Å². The molecule has 0 aromatic heterocycles. The second-order valence-corrected chi connectivity index (χ2v) is 5.72. The molecule has 1 heteroatoms. The van der Waals surface area contributed by atoms with E-state index in [-0.39, 0.29) is 0 Å². The fourth-order valence-electron chi connectivity index (χ4n) is 2.92. The SMILES string of the molecule is CCCCCCCC(c1ccccc1)c1ccccc1O. The van der Waals surface area contributed by atoms with Gasteiger partial charge in [-0.15, -0.1) is 0 Å². The lowest BCUT2D eigenvalue weighted by Gasteiger charge is -2.19. The summed E-state index contributed by atoms with van der Waals surface area (Å²) in [5, 5.41) is 10.2. The Bertz CT molecular complexity index is 518. The summed E-state index contributed by atoms with van der Waals surface area (Å²) < 4.78 is 0. The van der Waals surface area contributed by atoms with Crippen LogP contribution in [0.15, 0.2) is 54.6 Å². The number of hydrogen-bond acceptors (Lipinski definition) is 1. The third kappa shape index (κ3) is 4.63. The van der Waals surface area contributed by atoms with Crippen molar-refractivity contribution in [1.82, 2.24) is 0 Å². The van der Waals surface area contributed by atoms with Crippen molar-refractivity contribution in [1.29, 1.82) is 0 Å². The number of hydrogen-bond donors (Lipinski definition) is 1. The van der Waals surface area contributed by atoms with E-state index in [4.69, 9.17) is 0 Å². The standard InChI is InChI=1S/C20H26O/c1-2-3-4-5-9-14-18(17-12-7-6-8-13-17)19-15-10-11-16-20(19)21/h6-8,10-13,15-16,18,21H,2-5,9,14H2,1H3. The van der Waals surface area contributed by atoms with Gasteiger partial charge < -0.3 is 5.11 Å². The van der Waals surface area contributed by atoms with Crippen LogP contribution < -0.4 is 0 Å². The fourth-order valence-corrected chi connectivity index (χ4v) is 2.92. The quantitative estimate of drug-likeness (QED) is 0.599. The smallest absolute Gasteiger partial charge is 0.119 e. The highest BCUT2D eigenvalue weighted by atomic mass is 16.3. The van der Waals surface area contributed by atoms with E-state index in [0.29, 0.717) is 11.7 Å². The zero-order valence-corrected chi connectivity index (χ0v) is 13.0. The first-order chi connectivity index (χ1) is 10.3. The van der Waals surface area contributed by atoms with E-state index in [2.05, 4.69) is 37.3 Å². The van der Waals surface area contributed by atoms with Crippen molar-refractivity contribution in [2.24, 2.45) is 0 Å². The Labute approximate surface area is 128 Å². The first-order valence-electron chi connectivity index (χ1n) is 8.15. The minimum Gasteiger partial charge on any atom is -0.508 e. The van der Waals surface area contributed by atoms with Gasteiger partial charge >= 0.3 is 0 Å². The van der Waals surface area contributed by atoms with Gasteiger partial charge in [0.2, 0.25) is 0 Å². The van der Waals surface area contributed by atoms with Gasteiger partial charge in [-0.05, 0) is 18.1 Å². The lowest BCUT2D eigenvalue weighted by Crippen LogP contribution is -2.01. The van der Waals surface area contributed by atoms with Gasteiger partial charge in [-0.2, -0.15) is 0 Å². The molecule has 0 fully saturated rings. The highest BCUT2D eigenvalue weighted by Gasteiger charge is 2.16. The molecule has 1 atom stereocenters. The van der Waals surface area contributed by atoms with E-state index in [1.807, 2.05) is 18.2 Å². The molecule has 21 heavy (non-hydrogen) atoms. The largest absolute Gasteiger partial charge is 0.508 e. The summed E-state index contributed by atoms with van der Waals surface area (Å²) in [6, 6.07) is 18.3. The molecule has 0 saturated carbocycles. The van der Waals surface area contributed by atoms with Crippen LogP contribution in [0.1, 0.15) is 62.5 Å². The minimum atomic E-state index is 0.300. The lowest BCUT2D eigenvalue weighted by atomic mass is 9.86. The summed E-state index contributed by atoms with van der Waals surface area (Å²) in [7, 11) is 0. The molecule has 0 aliphatic rings. The molecule has 2 rings (SSSR count). The van der Waals surface area contributed by atoms with Gasteiger partial charge in [0.15, 0.2) is 0 Å². The first kappa shape index (κ1) is 15.6. The number of phenols is 1. The van der Waals surface area contributed by atoms with Crippen molar-refractivity contribution in [2.45, 2.75) is 51.4 Å². The van der Waals surface area contributed by atoms with E-state index in [1.165, 1.54) is 37.7 Å². The zero-order chi connectivity index (χ0) is 14.9. The monoisotopic (exact) mass is 282 g/mol. The van der Waals surface area contributed by atoms with Gasteiger partial charge in [0.05, 0.1) is 0 Å². The molecule has 2 aromatic carbocycles. The van der Waals surface area contributed by atoms with Crippen molar-refractivity contribution in [3.63, 3.8) is 0 Å². The maximum Gasteiger partial charge on any atom is 0.119 e. The van der Waals surface area contributed by atoms with Gasteiger partial charge in [-0.3, -0.25) is 0 Å². The van der Waals surface area contributed by atoms with Gasteiger partial charge in [0.1, 0.15) is 5.75 Å². The van der Waals surface area contributed by atoms with Gasteiger partial charge in [0.25, 0.3) is 0 Å². The third-order valence-corrected chi connectivity index (χ3v) is 4.11. The molecule has 0 radical (unpaired) electrons. The molecule has 0 saturated heterocycles. The van der Waals surface area contributed by atoms with E-state index in [9.17, 15) is 5.11 Å². The molecule has 0 aliphatic heterocycles. The Hall–Kier alpha value is -1.76. The zero-order valence-electron chi connectivity index (χ0n) is 13.0. The predicted octanol–water partition coefficient (Wildman–Crippen LogP) is 5.88. The summed E-state index contributed by atoms with van der Waals surface area (Å²) in [6.07, 6.45) is 7.52. The van der Waals surface area contributed by atoms with Gasteiger partial charge in [0, 0.05) is 11.5 Å². The molecule has 112 valence electrons. The average Bonchev–Trinajstić information content (AvgIpc) is 2.53. The van der Waals surface area contributed by atoms with Crippen molar-refractivity contribution in [3.05, 3.63) is 65.7 Å². The number of phenolic OH excluding ortho intramolecular Hbond substituents is 1. The summed E-state index contributed by atoms with van der Waals surface area (Å²) in [5.74, 6) is 0.717. The Kier molecular flexibility index (Phi) is 6.33. The second-order valence-electron chi connectivity index (χ2n) is 5.72. The highest BCUT2D eigenvalue weighted by Crippen LogP contribution is 2.35. The van der Waals surface area contributed by atoms with Crippen LogP contribution in [0.4, 0.5) is 0 Å². The van der Waals surface area contributed by atoms with Crippen LogP contribution in [0.2, 0.25) is 0 Å². The number of aromatic hydroxyl groups is 1. The molecule has 0 bridgehead atoms. The normalized spacial score (nSPS) is 12.2. The minimum absolute atomic E-state index is 0.300. The Morgan fingerprint density at radius 1 is 0.810 bits per heavy atom. The van der Waals surface area contributed by atoms with Crippen LogP contribution in [-0.4, -0.2) is 5.11 Å². The number of rotatable bonds is 8. The van der Waals surface area contributed by atoms with Crippen molar-refractivity contribution in [2.75, 3.05) is 0 Å². The molecule has 0 spiro atoms.